The van der Waals surface area contributed by atoms with Gasteiger partial charge >= 0.3 is 0 Å². The fourth-order valence-electron chi connectivity index (χ4n) is 2.22. The molecule has 0 saturated heterocycles. The largest absolute Gasteiger partial charge is 0.360 e. The SMILES string of the molecule is N#Cc1ccc(NS(=O)(=O)c2c[nH]c(-c3cccc(Cl)c3)c2)c(F)c1. The lowest BCUT2D eigenvalue weighted by Crippen LogP contribution is -2.13. The average Bonchev–Trinajstić information content (AvgIpc) is 3.07. The van der Waals surface area contributed by atoms with Gasteiger partial charge in [0.2, 0.25) is 0 Å². The van der Waals surface area contributed by atoms with Crippen LogP contribution in [0.2, 0.25) is 5.02 Å². The van der Waals surface area contributed by atoms with Gasteiger partial charge in [0.1, 0.15) is 10.7 Å². The molecule has 1 heterocycles. The Hall–Kier alpha value is -2.82. The van der Waals surface area contributed by atoms with E-state index in [1.807, 2.05) is 0 Å². The molecule has 3 aromatic rings. The highest BCUT2D eigenvalue weighted by Gasteiger charge is 2.18. The standard InChI is InChI=1S/C17H11ClFN3O2S/c18-13-3-1-2-12(7-13)17-8-14(10-21-17)25(23,24)22-16-5-4-11(9-20)6-15(16)19/h1-8,10,21-22H. The van der Waals surface area contributed by atoms with Crippen LogP contribution in [0.25, 0.3) is 11.3 Å². The second-order valence-corrected chi connectivity index (χ2v) is 7.29. The van der Waals surface area contributed by atoms with E-state index in [9.17, 15) is 12.8 Å². The highest BCUT2D eigenvalue weighted by Crippen LogP contribution is 2.26. The monoisotopic (exact) mass is 375 g/mol. The van der Waals surface area contributed by atoms with Gasteiger partial charge in [0.05, 0.1) is 17.3 Å². The number of sulfonamides is 1. The van der Waals surface area contributed by atoms with Crippen molar-refractivity contribution >= 4 is 27.3 Å². The topological polar surface area (TPSA) is 85.8 Å². The Labute approximate surface area is 148 Å². The van der Waals surface area contributed by atoms with Gasteiger partial charge in [-0.3, -0.25) is 4.72 Å². The molecule has 2 N–H and O–H groups in total. The van der Waals surface area contributed by atoms with E-state index in [0.717, 1.165) is 11.6 Å². The van der Waals surface area contributed by atoms with Crippen molar-refractivity contribution < 1.29 is 12.8 Å². The molecule has 0 amide bonds. The molecule has 8 heteroatoms. The number of halogens is 2. The minimum absolute atomic E-state index is 0.0498. The summed E-state index contributed by atoms with van der Waals surface area (Å²) < 4.78 is 40.9. The summed E-state index contributed by atoms with van der Waals surface area (Å²) in [5.74, 6) is -0.826. The molecule has 0 radical (unpaired) electrons. The Bertz CT molecular complexity index is 1090. The van der Waals surface area contributed by atoms with Crippen molar-refractivity contribution in [3.63, 3.8) is 0 Å². The number of aromatic nitrogens is 1. The number of hydrogen-bond acceptors (Lipinski definition) is 3. The molecule has 0 saturated carbocycles. The Morgan fingerprint density at radius 3 is 2.64 bits per heavy atom. The zero-order valence-corrected chi connectivity index (χ0v) is 14.2. The third-order valence-electron chi connectivity index (χ3n) is 3.44. The Balaban J connectivity index is 1.90. The van der Waals surface area contributed by atoms with Crippen LogP contribution in [0.5, 0.6) is 0 Å². The highest BCUT2D eigenvalue weighted by atomic mass is 35.5. The summed E-state index contributed by atoms with van der Waals surface area (Å²) in [6.07, 6.45) is 1.31. The van der Waals surface area contributed by atoms with E-state index >= 15 is 0 Å². The third-order valence-corrected chi connectivity index (χ3v) is 5.02. The Morgan fingerprint density at radius 1 is 1.16 bits per heavy atom. The zero-order valence-electron chi connectivity index (χ0n) is 12.6. The van der Waals surface area contributed by atoms with E-state index in [1.165, 1.54) is 24.4 Å². The zero-order chi connectivity index (χ0) is 18.0. The van der Waals surface area contributed by atoms with Crippen LogP contribution in [0.15, 0.2) is 59.6 Å². The first-order valence-electron chi connectivity index (χ1n) is 7.06. The molecule has 3 rings (SSSR count). The summed E-state index contributed by atoms with van der Waals surface area (Å²) in [4.78, 5) is 2.81. The smallest absolute Gasteiger partial charge is 0.263 e. The molecule has 1 aromatic heterocycles. The summed E-state index contributed by atoms with van der Waals surface area (Å²) in [5, 5.41) is 9.25. The number of rotatable bonds is 4. The van der Waals surface area contributed by atoms with Crippen LogP contribution in [-0.2, 0) is 10.0 Å². The fourth-order valence-corrected chi connectivity index (χ4v) is 3.47. The van der Waals surface area contributed by atoms with Gasteiger partial charge in [-0.2, -0.15) is 5.26 Å². The van der Waals surface area contributed by atoms with Gasteiger partial charge in [-0.1, -0.05) is 23.7 Å². The normalized spacial score (nSPS) is 11.1. The third kappa shape index (κ3) is 3.65. The summed E-state index contributed by atoms with van der Waals surface area (Å²) in [6, 6.07) is 13.6. The summed E-state index contributed by atoms with van der Waals surface area (Å²) >= 11 is 5.93. The number of H-pyrrole nitrogens is 1. The highest BCUT2D eigenvalue weighted by molar-refractivity contribution is 7.92. The van der Waals surface area contributed by atoms with Crippen molar-refractivity contribution in [3.05, 3.63) is 71.1 Å². The van der Waals surface area contributed by atoms with Crippen LogP contribution < -0.4 is 4.72 Å². The van der Waals surface area contributed by atoms with E-state index in [-0.39, 0.29) is 16.1 Å². The molecule has 0 aliphatic carbocycles. The first kappa shape index (κ1) is 17.0. The molecule has 2 aromatic carbocycles. The van der Waals surface area contributed by atoms with Gasteiger partial charge in [-0.25, -0.2) is 12.8 Å². The molecular weight excluding hydrogens is 365 g/mol. The number of aromatic amines is 1. The van der Waals surface area contributed by atoms with Crippen LogP contribution >= 0.6 is 11.6 Å². The first-order chi connectivity index (χ1) is 11.9. The van der Waals surface area contributed by atoms with Crippen molar-refractivity contribution in [2.75, 3.05) is 4.72 Å². The number of nitriles is 1. The molecule has 0 aliphatic rings. The predicted octanol–water partition coefficient (Wildman–Crippen LogP) is 4.15. The van der Waals surface area contributed by atoms with Crippen LogP contribution in [0.1, 0.15) is 5.56 Å². The summed E-state index contributed by atoms with van der Waals surface area (Å²) in [5.41, 5.74) is 1.15. The lowest BCUT2D eigenvalue weighted by Gasteiger charge is -2.07. The van der Waals surface area contributed by atoms with Crippen molar-refractivity contribution in [3.8, 4) is 17.3 Å². The maximum absolute atomic E-state index is 13.9. The lowest BCUT2D eigenvalue weighted by molar-refractivity contribution is 0.598. The van der Waals surface area contributed by atoms with E-state index in [4.69, 9.17) is 16.9 Å². The molecule has 0 fully saturated rings. The van der Waals surface area contributed by atoms with Crippen molar-refractivity contribution in [1.82, 2.24) is 4.98 Å². The van der Waals surface area contributed by atoms with Gasteiger partial charge in [0, 0.05) is 16.9 Å². The molecule has 0 unspecified atom stereocenters. The molecule has 0 aliphatic heterocycles. The molecule has 0 atom stereocenters. The van der Waals surface area contributed by atoms with Crippen molar-refractivity contribution in [1.29, 1.82) is 5.26 Å². The fraction of sp³-hybridized carbons (Fsp3) is 0. The van der Waals surface area contributed by atoms with Crippen molar-refractivity contribution in [2.24, 2.45) is 0 Å². The minimum atomic E-state index is -3.99. The molecule has 126 valence electrons. The van der Waals surface area contributed by atoms with E-state index < -0.39 is 15.8 Å². The minimum Gasteiger partial charge on any atom is -0.360 e. The van der Waals surface area contributed by atoms with Gasteiger partial charge in [-0.15, -0.1) is 0 Å². The molecule has 25 heavy (non-hydrogen) atoms. The first-order valence-corrected chi connectivity index (χ1v) is 8.92. The van der Waals surface area contributed by atoms with E-state index in [2.05, 4.69) is 9.71 Å². The number of anilines is 1. The Morgan fingerprint density at radius 2 is 1.96 bits per heavy atom. The second kappa shape index (κ2) is 6.59. The Kier molecular flexibility index (Phi) is 4.49. The maximum atomic E-state index is 13.9. The van der Waals surface area contributed by atoms with Gasteiger partial charge < -0.3 is 4.98 Å². The van der Waals surface area contributed by atoms with Crippen LogP contribution in [0, 0.1) is 17.1 Å². The molecular formula is C17H11ClFN3O2S. The van der Waals surface area contributed by atoms with Crippen molar-refractivity contribution in [2.45, 2.75) is 4.90 Å². The maximum Gasteiger partial charge on any atom is 0.263 e. The van der Waals surface area contributed by atoms with Crippen LogP contribution in [0.3, 0.4) is 0 Å². The average molecular weight is 376 g/mol. The second-order valence-electron chi connectivity index (χ2n) is 5.17. The molecule has 0 spiro atoms. The van der Waals surface area contributed by atoms with Gasteiger partial charge in [-0.05, 0) is 42.0 Å². The molecule has 0 bridgehead atoms. The number of hydrogen-bond donors (Lipinski definition) is 2. The van der Waals surface area contributed by atoms with E-state index in [1.54, 1.807) is 30.3 Å². The van der Waals surface area contributed by atoms with Gasteiger partial charge in [0.25, 0.3) is 10.0 Å². The summed E-state index contributed by atoms with van der Waals surface area (Å²) in [6.45, 7) is 0. The molecule has 5 nitrogen and oxygen atoms in total. The van der Waals surface area contributed by atoms with Gasteiger partial charge in [0.15, 0.2) is 0 Å². The number of nitrogens with zero attached hydrogens (tertiary/aromatic N) is 1. The lowest BCUT2D eigenvalue weighted by atomic mass is 10.2. The van der Waals surface area contributed by atoms with E-state index in [0.29, 0.717) is 10.7 Å². The number of benzene rings is 2. The van der Waals surface area contributed by atoms with Crippen LogP contribution in [-0.4, -0.2) is 13.4 Å². The summed E-state index contributed by atoms with van der Waals surface area (Å²) in [7, 11) is -3.99. The van der Waals surface area contributed by atoms with Crippen LogP contribution in [0.4, 0.5) is 10.1 Å². The quantitative estimate of drug-likeness (QED) is 0.718. The number of nitrogens with one attached hydrogen (secondary N) is 2. The predicted molar refractivity (Wildman–Crippen MR) is 93.2 cm³/mol.